The molecule has 0 fully saturated rings. The highest BCUT2D eigenvalue weighted by molar-refractivity contribution is 5.95. The predicted octanol–water partition coefficient (Wildman–Crippen LogP) is 0.775. The van der Waals surface area contributed by atoms with Gasteiger partial charge in [0, 0.05) is 25.3 Å². The van der Waals surface area contributed by atoms with E-state index in [4.69, 9.17) is 10.8 Å². The first-order valence-corrected chi connectivity index (χ1v) is 7.28. The highest BCUT2D eigenvalue weighted by Crippen LogP contribution is 2.12. The van der Waals surface area contributed by atoms with E-state index in [9.17, 15) is 4.79 Å². The van der Waals surface area contributed by atoms with Crippen molar-refractivity contribution in [2.45, 2.75) is 39.7 Å². The van der Waals surface area contributed by atoms with E-state index in [1.807, 2.05) is 11.6 Å². The zero-order valence-electron chi connectivity index (χ0n) is 12.5. The minimum Gasteiger partial charge on any atom is -0.395 e. The molecular formula is C14H26N4O2. The molecular weight excluding hydrogens is 256 g/mol. The number of hydrogen-bond donors (Lipinski definition) is 2. The Kier molecular flexibility index (Phi) is 7.25. The van der Waals surface area contributed by atoms with E-state index >= 15 is 0 Å². The topological polar surface area (TPSA) is 84.4 Å². The van der Waals surface area contributed by atoms with Gasteiger partial charge in [-0.25, -0.2) is 0 Å². The SMILES string of the molecule is CCCCN(CCO)C(=O)c1cnn(CCCN)c1C. The summed E-state index contributed by atoms with van der Waals surface area (Å²) in [6.07, 6.45) is 4.41. The van der Waals surface area contributed by atoms with Crippen molar-refractivity contribution in [3.8, 4) is 0 Å². The zero-order chi connectivity index (χ0) is 15.0. The highest BCUT2D eigenvalue weighted by atomic mass is 16.3. The molecule has 0 atom stereocenters. The number of hydrogen-bond acceptors (Lipinski definition) is 4. The second-order valence-electron chi connectivity index (χ2n) is 4.88. The van der Waals surface area contributed by atoms with Crippen LogP contribution in [0.25, 0.3) is 0 Å². The summed E-state index contributed by atoms with van der Waals surface area (Å²) in [4.78, 5) is 14.2. The fraction of sp³-hybridized carbons (Fsp3) is 0.714. The summed E-state index contributed by atoms with van der Waals surface area (Å²) in [5.41, 5.74) is 6.97. The molecule has 1 aromatic heterocycles. The summed E-state index contributed by atoms with van der Waals surface area (Å²) in [7, 11) is 0. The average Bonchev–Trinajstić information content (AvgIpc) is 2.81. The molecule has 0 saturated heterocycles. The van der Waals surface area contributed by atoms with Gasteiger partial charge in [-0.15, -0.1) is 0 Å². The van der Waals surface area contributed by atoms with Crippen LogP contribution in [-0.2, 0) is 6.54 Å². The van der Waals surface area contributed by atoms with E-state index in [1.165, 1.54) is 0 Å². The van der Waals surface area contributed by atoms with Crippen molar-refractivity contribution in [3.63, 3.8) is 0 Å². The van der Waals surface area contributed by atoms with Gasteiger partial charge in [0.2, 0.25) is 0 Å². The Morgan fingerprint density at radius 2 is 2.20 bits per heavy atom. The van der Waals surface area contributed by atoms with Gasteiger partial charge in [-0.3, -0.25) is 9.48 Å². The number of nitrogens with two attached hydrogens (primary N) is 1. The molecule has 0 aliphatic carbocycles. The molecule has 0 saturated carbocycles. The third-order valence-electron chi connectivity index (χ3n) is 3.35. The summed E-state index contributed by atoms with van der Waals surface area (Å²) < 4.78 is 1.82. The maximum Gasteiger partial charge on any atom is 0.257 e. The third kappa shape index (κ3) is 4.31. The van der Waals surface area contributed by atoms with Crippen LogP contribution in [0.2, 0.25) is 0 Å². The van der Waals surface area contributed by atoms with E-state index < -0.39 is 0 Å². The van der Waals surface area contributed by atoms with Crippen LogP contribution in [0.1, 0.15) is 42.2 Å². The Bertz CT molecular complexity index is 417. The second kappa shape index (κ2) is 8.71. The highest BCUT2D eigenvalue weighted by Gasteiger charge is 2.19. The molecule has 6 nitrogen and oxygen atoms in total. The molecule has 1 rings (SSSR count). The van der Waals surface area contributed by atoms with Crippen molar-refractivity contribution in [1.82, 2.24) is 14.7 Å². The minimum absolute atomic E-state index is 0.0180. The molecule has 0 aliphatic heterocycles. The van der Waals surface area contributed by atoms with Gasteiger partial charge in [-0.2, -0.15) is 5.10 Å². The Hall–Kier alpha value is -1.40. The lowest BCUT2D eigenvalue weighted by atomic mass is 10.2. The van der Waals surface area contributed by atoms with Gasteiger partial charge in [0.1, 0.15) is 0 Å². The molecule has 1 aromatic rings. The molecule has 114 valence electrons. The van der Waals surface area contributed by atoms with Crippen LogP contribution < -0.4 is 5.73 Å². The molecule has 6 heteroatoms. The minimum atomic E-state index is -0.0519. The molecule has 1 heterocycles. The quantitative estimate of drug-likeness (QED) is 0.701. The number of aliphatic hydroxyl groups is 1. The number of carbonyl (C=O) groups excluding carboxylic acids is 1. The Morgan fingerprint density at radius 3 is 2.80 bits per heavy atom. The third-order valence-corrected chi connectivity index (χ3v) is 3.35. The number of aromatic nitrogens is 2. The van der Waals surface area contributed by atoms with Gasteiger partial charge in [-0.1, -0.05) is 13.3 Å². The number of aryl methyl sites for hydroxylation is 1. The number of unbranched alkanes of at least 4 members (excludes halogenated alkanes) is 1. The number of nitrogens with zero attached hydrogens (tertiary/aromatic N) is 3. The molecule has 1 amide bonds. The van der Waals surface area contributed by atoms with Crippen molar-refractivity contribution in [2.24, 2.45) is 5.73 Å². The van der Waals surface area contributed by atoms with E-state index in [1.54, 1.807) is 11.1 Å². The molecule has 0 bridgehead atoms. The van der Waals surface area contributed by atoms with Gasteiger partial charge in [0.05, 0.1) is 18.4 Å². The van der Waals surface area contributed by atoms with Crippen molar-refractivity contribution < 1.29 is 9.90 Å². The van der Waals surface area contributed by atoms with E-state index in [0.29, 0.717) is 25.2 Å². The first-order chi connectivity index (χ1) is 9.65. The summed E-state index contributed by atoms with van der Waals surface area (Å²) in [5, 5.41) is 13.3. The van der Waals surface area contributed by atoms with Crippen LogP contribution in [0.15, 0.2) is 6.20 Å². The fourth-order valence-corrected chi connectivity index (χ4v) is 2.08. The van der Waals surface area contributed by atoms with Crippen molar-refractivity contribution >= 4 is 5.91 Å². The largest absolute Gasteiger partial charge is 0.395 e. The van der Waals surface area contributed by atoms with E-state index in [-0.39, 0.29) is 12.5 Å². The van der Waals surface area contributed by atoms with Crippen molar-refractivity contribution in [2.75, 3.05) is 26.2 Å². The first kappa shape index (κ1) is 16.7. The fourth-order valence-electron chi connectivity index (χ4n) is 2.08. The summed E-state index contributed by atoms with van der Waals surface area (Å²) >= 11 is 0. The van der Waals surface area contributed by atoms with E-state index in [0.717, 1.165) is 31.5 Å². The van der Waals surface area contributed by atoms with Gasteiger partial charge in [0.25, 0.3) is 5.91 Å². The van der Waals surface area contributed by atoms with Gasteiger partial charge in [0.15, 0.2) is 0 Å². The maximum absolute atomic E-state index is 12.5. The lowest BCUT2D eigenvalue weighted by molar-refractivity contribution is 0.0718. The normalized spacial score (nSPS) is 10.8. The maximum atomic E-state index is 12.5. The zero-order valence-corrected chi connectivity index (χ0v) is 12.5. The average molecular weight is 282 g/mol. The number of rotatable bonds is 9. The Labute approximate surface area is 120 Å². The summed E-state index contributed by atoms with van der Waals surface area (Å²) in [6, 6.07) is 0. The number of aliphatic hydroxyl groups excluding tert-OH is 1. The van der Waals surface area contributed by atoms with Crippen LogP contribution in [-0.4, -0.2) is 51.9 Å². The molecule has 0 unspecified atom stereocenters. The Morgan fingerprint density at radius 1 is 1.45 bits per heavy atom. The second-order valence-corrected chi connectivity index (χ2v) is 4.88. The monoisotopic (exact) mass is 282 g/mol. The lowest BCUT2D eigenvalue weighted by Crippen LogP contribution is -2.34. The Balaban J connectivity index is 2.80. The molecule has 0 spiro atoms. The summed E-state index contributed by atoms with van der Waals surface area (Å²) in [6.45, 7) is 6.33. The standard InChI is InChI=1S/C14H26N4O2/c1-3-4-7-17(9-10-19)14(20)13-11-16-18(12(13)2)8-5-6-15/h11,19H,3-10,15H2,1-2H3. The van der Waals surface area contributed by atoms with Crippen LogP contribution in [0, 0.1) is 6.92 Å². The van der Waals surface area contributed by atoms with Crippen LogP contribution >= 0.6 is 0 Å². The molecule has 0 aromatic carbocycles. The van der Waals surface area contributed by atoms with Crippen LogP contribution in [0.3, 0.4) is 0 Å². The molecule has 0 aliphatic rings. The molecule has 20 heavy (non-hydrogen) atoms. The number of carbonyl (C=O) groups is 1. The predicted molar refractivity (Wildman–Crippen MR) is 78.5 cm³/mol. The van der Waals surface area contributed by atoms with Gasteiger partial charge < -0.3 is 15.7 Å². The van der Waals surface area contributed by atoms with E-state index in [2.05, 4.69) is 12.0 Å². The van der Waals surface area contributed by atoms with Gasteiger partial charge in [-0.05, 0) is 26.3 Å². The lowest BCUT2D eigenvalue weighted by Gasteiger charge is -2.21. The van der Waals surface area contributed by atoms with Gasteiger partial charge >= 0.3 is 0 Å². The molecule has 3 N–H and O–H groups in total. The molecule has 0 radical (unpaired) electrons. The van der Waals surface area contributed by atoms with Crippen molar-refractivity contribution in [3.05, 3.63) is 17.5 Å². The van der Waals surface area contributed by atoms with Crippen LogP contribution in [0.4, 0.5) is 0 Å². The summed E-state index contributed by atoms with van der Waals surface area (Å²) in [5.74, 6) is -0.0519. The van der Waals surface area contributed by atoms with Crippen molar-refractivity contribution in [1.29, 1.82) is 0 Å². The van der Waals surface area contributed by atoms with Crippen LogP contribution in [0.5, 0.6) is 0 Å². The number of amides is 1. The first-order valence-electron chi connectivity index (χ1n) is 7.28. The smallest absolute Gasteiger partial charge is 0.257 e.